The molecule has 2 aliphatic rings. The maximum atomic E-state index is 12.5. The fraction of sp³-hybridized carbons (Fsp3) is 0.529. The minimum atomic E-state index is -0.903. The van der Waals surface area contributed by atoms with Gasteiger partial charge in [-0.2, -0.15) is 5.01 Å². The van der Waals surface area contributed by atoms with E-state index >= 15 is 0 Å². The van der Waals surface area contributed by atoms with E-state index in [1.807, 2.05) is 17.5 Å². The average Bonchev–Trinajstić information content (AvgIpc) is 3.22. The molecule has 2 N–H and O–H groups in total. The van der Waals surface area contributed by atoms with Crippen LogP contribution in [0, 0.1) is 0 Å². The second kappa shape index (κ2) is 7.86. The van der Waals surface area contributed by atoms with E-state index in [1.165, 1.54) is 0 Å². The molecule has 26 heavy (non-hydrogen) atoms. The summed E-state index contributed by atoms with van der Waals surface area (Å²) >= 11 is 1.55. The van der Waals surface area contributed by atoms with Crippen LogP contribution in [-0.2, 0) is 25.5 Å². The smallest absolute Gasteiger partial charge is 0.344 e. The molecule has 0 atom stereocenters. The summed E-state index contributed by atoms with van der Waals surface area (Å²) in [5.41, 5.74) is 1.33. The molecule has 1 aromatic rings. The Morgan fingerprint density at radius 2 is 2.04 bits per heavy atom. The monoisotopic (exact) mass is 379 g/mol. The highest BCUT2D eigenvalue weighted by Gasteiger charge is 2.52. The number of hydrogen-bond donors (Lipinski definition) is 2. The van der Waals surface area contributed by atoms with Crippen LogP contribution in [0.4, 0.5) is 4.79 Å². The number of urea groups is 1. The Kier molecular flexibility index (Phi) is 5.55. The number of carbonyl (C=O) groups excluding carboxylic acids is 4. The molecule has 1 aliphatic carbocycles. The molecule has 3 rings (SSSR count). The van der Waals surface area contributed by atoms with E-state index in [9.17, 15) is 19.2 Å². The van der Waals surface area contributed by atoms with Crippen LogP contribution in [0.1, 0.15) is 43.4 Å². The highest BCUT2D eigenvalue weighted by molar-refractivity contribution is 7.09. The third kappa shape index (κ3) is 4.04. The zero-order valence-electron chi connectivity index (χ0n) is 14.3. The van der Waals surface area contributed by atoms with Crippen LogP contribution < -0.4 is 10.7 Å². The lowest BCUT2D eigenvalue weighted by molar-refractivity contribution is -0.150. The number of aryl methyl sites for hydroxylation is 1. The molecule has 1 aromatic heterocycles. The van der Waals surface area contributed by atoms with E-state index in [2.05, 4.69) is 10.7 Å². The van der Waals surface area contributed by atoms with Crippen LogP contribution in [-0.4, -0.2) is 41.0 Å². The third-order valence-corrected chi connectivity index (χ3v) is 5.56. The van der Waals surface area contributed by atoms with Crippen molar-refractivity contribution in [2.75, 3.05) is 6.61 Å². The molecular weight excluding hydrogens is 358 g/mol. The number of ether oxygens (including phenoxy) is 1. The Labute approximate surface area is 154 Å². The minimum absolute atomic E-state index is 0.167. The number of rotatable bonds is 6. The molecule has 0 unspecified atom stereocenters. The van der Waals surface area contributed by atoms with Gasteiger partial charge in [0.25, 0.3) is 11.8 Å². The molecule has 0 radical (unpaired) electrons. The standard InChI is InChI=1S/C17H21N3O5S/c21-13(11-25-14(22)7-6-12-5-4-10-26-12)19-20-15(23)17(18-16(20)24)8-2-1-3-9-17/h4-5,10H,1-3,6-9,11H2,(H,18,24)(H,19,21). The molecule has 1 saturated carbocycles. The first-order chi connectivity index (χ1) is 12.5. The van der Waals surface area contributed by atoms with Crippen LogP contribution in [0.5, 0.6) is 0 Å². The van der Waals surface area contributed by atoms with Gasteiger partial charge in [-0.1, -0.05) is 25.3 Å². The van der Waals surface area contributed by atoms with Crippen molar-refractivity contribution in [2.24, 2.45) is 0 Å². The molecule has 0 aromatic carbocycles. The fourth-order valence-corrected chi connectivity index (χ4v) is 3.98. The van der Waals surface area contributed by atoms with Gasteiger partial charge in [-0.3, -0.25) is 19.8 Å². The number of hydrazine groups is 1. The van der Waals surface area contributed by atoms with E-state index in [0.717, 1.165) is 24.1 Å². The topological polar surface area (TPSA) is 105 Å². The van der Waals surface area contributed by atoms with E-state index in [4.69, 9.17) is 4.74 Å². The maximum Gasteiger partial charge on any atom is 0.344 e. The SMILES string of the molecule is O=C(COC(=O)CCc1cccs1)NN1C(=O)NC2(CCCCC2)C1=O. The molecule has 1 saturated heterocycles. The zero-order chi connectivity index (χ0) is 18.6. The summed E-state index contributed by atoms with van der Waals surface area (Å²) in [5, 5.41) is 5.31. The number of thiophene rings is 1. The summed E-state index contributed by atoms with van der Waals surface area (Å²) in [6, 6.07) is 3.17. The first-order valence-corrected chi connectivity index (χ1v) is 9.52. The van der Waals surface area contributed by atoms with Gasteiger partial charge in [0, 0.05) is 4.88 Å². The van der Waals surface area contributed by atoms with Crippen molar-refractivity contribution in [3.05, 3.63) is 22.4 Å². The molecular formula is C17H21N3O5S. The lowest BCUT2D eigenvalue weighted by Crippen LogP contribution is -2.51. The summed E-state index contributed by atoms with van der Waals surface area (Å²) in [4.78, 5) is 49.3. The second-order valence-electron chi connectivity index (χ2n) is 6.49. The van der Waals surface area contributed by atoms with Gasteiger partial charge in [0.05, 0.1) is 6.42 Å². The summed E-state index contributed by atoms with van der Waals surface area (Å²) in [7, 11) is 0. The van der Waals surface area contributed by atoms with Crippen LogP contribution in [0.15, 0.2) is 17.5 Å². The van der Waals surface area contributed by atoms with Gasteiger partial charge in [0.2, 0.25) is 0 Å². The van der Waals surface area contributed by atoms with Crippen molar-refractivity contribution in [3.63, 3.8) is 0 Å². The molecule has 9 heteroatoms. The number of nitrogens with zero attached hydrogens (tertiary/aromatic N) is 1. The number of nitrogens with one attached hydrogen (secondary N) is 2. The number of imide groups is 1. The first kappa shape index (κ1) is 18.4. The lowest BCUT2D eigenvalue weighted by Gasteiger charge is -2.30. The molecule has 1 spiro atoms. The summed E-state index contributed by atoms with van der Waals surface area (Å²) in [6.45, 7) is -0.534. The molecule has 1 aliphatic heterocycles. The van der Waals surface area contributed by atoms with Gasteiger partial charge in [-0.25, -0.2) is 4.79 Å². The quantitative estimate of drug-likeness (QED) is 0.576. The average molecular weight is 379 g/mol. The van der Waals surface area contributed by atoms with Crippen molar-refractivity contribution in [1.82, 2.24) is 15.8 Å². The molecule has 2 heterocycles. The Balaban J connectivity index is 1.45. The normalized spacial score (nSPS) is 18.7. The van der Waals surface area contributed by atoms with Crippen LogP contribution in [0.2, 0.25) is 0 Å². The van der Waals surface area contributed by atoms with Gasteiger partial charge in [-0.15, -0.1) is 11.3 Å². The van der Waals surface area contributed by atoms with E-state index in [-0.39, 0.29) is 6.42 Å². The Hall–Kier alpha value is -2.42. The van der Waals surface area contributed by atoms with E-state index < -0.39 is 36.0 Å². The largest absolute Gasteiger partial charge is 0.455 e. The van der Waals surface area contributed by atoms with Crippen LogP contribution in [0.3, 0.4) is 0 Å². The Bertz CT molecular complexity index is 697. The maximum absolute atomic E-state index is 12.5. The Morgan fingerprint density at radius 3 is 2.73 bits per heavy atom. The van der Waals surface area contributed by atoms with Crippen molar-refractivity contribution in [3.8, 4) is 0 Å². The predicted octanol–water partition coefficient (Wildman–Crippen LogP) is 1.51. The highest BCUT2D eigenvalue weighted by Crippen LogP contribution is 2.32. The molecule has 140 valence electrons. The van der Waals surface area contributed by atoms with Crippen molar-refractivity contribution < 1.29 is 23.9 Å². The molecule has 8 nitrogen and oxygen atoms in total. The number of esters is 1. The summed E-state index contributed by atoms with van der Waals surface area (Å²) in [6.07, 6.45) is 4.60. The summed E-state index contributed by atoms with van der Waals surface area (Å²) < 4.78 is 4.90. The van der Waals surface area contributed by atoms with Crippen LogP contribution in [0.25, 0.3) is 0 Å². The van der Waals surface area contributed by atoms with E-state index in [0.29, 0.717) is 24.3 Å². The van der Waals surface area contributed by atoms with Gasteiger partial charge in [-0.05, 0) is 30.7 Å². The second-order valence-corrected chi connectivity index (χ2v) is 7.52. The fourth-order valence-electron chi connectivity index (χ4n) is 3.27. The van der Waals surface area contributed by atoms with Gasteiger partial charge in [0.15, 0.2) is 6.61 Å². The van der Waals surface area contributed by atoms with Crippen molar-refractivity contribution >= 4 is 35.2 Å². The third-order valence-electron chi connectivity index (χ3n) is 4.63. The Morgan fingerprint density at radius 1 is 1.27 bits per heavy atom. The zero-order valence-corrected chi connectivity index (χ0v) is 15.1. The number of hydrogen-bond acceptors (Lipinski definition) is 6. The lowest BCUT2D eigenvalue weighted by atomic mass is 9.82. The predicted molar refractivity (Wildman–Crippen MR) is 92.9 cm³/mol. The minimum Gasteiger partial charge on any atom is -0.455 e. The number of amides is 4. The van der Waals surface area contributed by atoms with Crippen molar-refractivity contribution in [1.29, 1.82) is 0 Å². The molecule has 2 fully saturated rings. The number of carbonyl (C=O) groups is 4. The van der Waals surface area contributed by atoms with Gasteiger partial charge < -0.3 is 10.1 Å². The van der Waals surface area contributed by atoms with E-state index in [1.54, 1.807) is 11.3 Å². The first-order valence-electron chi connectivity index (χ1n) is 8.64. The van der Waals surface area contributed by atoms with Gasteiger partial charge >= 0.3 is 12.0 Å². The summed E-state index contributed by atoms with van der Waals surface area (Å²) in [5.74, 6) is -1.67. The van der Waals surface area contributed by atoms with Crippen LogP contribution >= 0.6 is 11.3 Å². The van der Waals surface area contributed by atoms with Crippen molar-refractivity contribution in [2.45, 2.75) is 50.5 Å². The molecule has 4 amide bonds. The van der Waals surface area contributed by atoms with Gasteiger partial charge in [0.1, 0.15) is 5.54 Å². The highest BCUT2D eigenvalue weighted by atomic mass is 32.1. The molecule has 0 bridgehead atoms.